The van der Waals surface area contributed by atoms with E-state index in [9.17, 15) is 29.7 Å². The molecule has 0 bridgehead atoms. The summed E-state index contributed by atoms with van der Waals surface area (Å²) in [4.78, 5) is 30.0. The first kappa shape index (κ1) is 20.3. The van der Waals surface area contributed by atoms with Crippen LogP contribution in [0.2, 0.25) is 0 Å². The number of aliphatic hydroxyl groups is 1. The van der Waals surface area contributed by atoms with Crippen molar-refractivity contribution >= 4 is 17.9 Å². The van der Waals surface area contributed by atoms with E-state index in [1.807, 2.05) is 0 Å². The van der Waals surface area contributed by atoms with E-state index in [1.165, 1.54) is 0 Å². The van der Waals surface area contributed by atoms with E-state index in [2.05, 4.69) is 0 Å². The van der Waals surface area contributed by atoms with E-state index in [0.29, 0.717) is 0 Å². The molecular weight excluding hydrogens is 358 g/mol. The fourth-order valence-electron chi connectivity index (χ4n) is 0.684. The minimum absolute atomic E-state index is 0. The topological polar surface area (TPSA) is 141 Å². The van der Waals surface area contributed by atoms with Gasteiger partial charge < -0.3 is 47.2 Å². The van der Waals surface area contributed by atoms with Crippen LogP contribution >= 0.6 is 0 Å². The first-order valence-corrected chi connectivity index (χ1v) is 3.11. The molecule has 85 valence electrons. The van der Waals surface area contributed by atoms with Crippen LogP contribution in [0.1, 0.15) is 12.8 Å². The summed E-state index contributed by atoms with van der Waals surface area (Å²) in [6, 6.07) is 0. The second kappa shape index (κ2) is 8.06. The molecule has 0 spiro atoms. The van der Waals surface area contributed by atoms with Gasteiger partial charge in [0.05, 0.1) is 5.97 Å². The third-order valence-corrected chi connectivity index (χ3v) is 1.25. The molecule has 1 N–H and O–H groups in total. The number of aliphatic carboxylic acids is 3. The van der Waals surface area contributed by atoms with Crippen LogP contribution in [-0.4, -0.2) is 28.6 Å². The summed E-state index contributed by atoms with van der Waals surface area (Å²) in [6.07, 6.45) is -2.72. The van der Waals surface area contributed by atoms with Gasteiger partial charge in [-0.05, 0) is 0 Å². The third-order valence-electron chi connectivity index (χ3n) is 1.25. The quantitative estimate of drug-likeness (QED) is 0.511. The molecule has 15 heavy (non-hydrogen) atoms. The summed E-state index contributed by atoms with van der Waals surface area (Å²) in [5.41, 5.74) is -2.97. The number of carbonyl (C=O) groups excluding carboxylic acids is 3. The Kier molecular flexibility index (Phi) is 10.9. The number of rotatable bonds is 5. The molecule has 0 rings (SSSR count). The SMILES string of the molecule is O=C([O-])CC(O)(CC(=O)[O-])C(=O)[O-].[Cl-].[La]. The minimum Gasteiger partial charge on any atom is -1.00 e. The van der Waals surface area contributed by atoms with Gasteiger partial charge in [-0.25, -0.2) is 0 Å². The molecule has 0 atom stereocenters. The first-order valence-electron chi connectivity index (χ1n) is 3.11. The van der Waals surface area contributed by atoms with Crippen LogP contribution in [0.25, 0.3) is 0 Å². The zero-order valence-corrected chi connectivity index (χ0v) is 11.6. The molecule has 7 nitrogen and oxygen atoms in total. The molecule has 0 aromatic heterocycles. The average Bonchev–Trinajstić information content (AvgIpc) is 1.82. The molecule has 0 aliphatic carbocycles. The summed E-state index contributed by atoms with van der Waals surface area (Å²) >= 11 is 0. The van der Waals surface area contributed by atoms with E-state index >= 15 is 0 Å². The molecule has 1 radical (unpaired) electrons. The third kappa shape index (κ3) is 7.75. The average molecular weight is 363 g/mol. The van der Waals surface area contributed by atoms with Gasteiger partial charge >= 0.3 is 0 Å². The maximum Gasteiger partial charge on any atom is 0.114 e. The summed E-state index contributed by atoms with van der Waals surface area (Å²) in [5, 5.41) is 38.9. The van der Waals surface area contributed by atoms with Gasteiger partial charge in [0.15, 0.2) is 0 Å². The number of carbonyl (C=O) groups is 3. The normalized spacial score (nSPS) is 9.40. The number of hydrogen-bond acceptors (Lipinski definition) is 7. The maximum absolute atomic E-state index is 10.1. The van der Waals surface area contributed by atoms with E-state index in [-0.39, 0.29) is 48.0 Å². The van der Waals surface area contributed by atoms with Crippen molar-refractivity contribution in [3.05, 3.63) is 0 Å². The molecular formula is C6H5ClLaO7-4. The van der Waals surface area contributed by atoms with Gasteiger partial charge in [-0.3, -0.25) is 0 Å². The zero-order chi connectivity index (χ0) is 10.6. The van der Waals surface area contributed by atoms with Crippen LogP contribution < -0.4 is 27.7 Å². The van der Waals surface area contributed by atoms with Crippen molar-refractivity contribution in [2.75, 3.05) is 0 Å². The van der Waals surface area contributed by atoms with Crippen LogP contribution in [0.15, 0.2) is 0 Å². The molecule has 9 heteroatoms. The molecule has 0 aromatic rings. The van der Waals surface area contributed by atoms with Gasteiger partial charge in [-0.2, -0.15) is 0 Å². The van der Waals surface area contributed by atoms with Crippen LogP contribution in [-0.2, 0) is 14.4 Å². The van der Waals surface area contributed by atoms with Crippen molar-refractivity contribution in [3.8, 4) is 0 Å². The van der Waals surface area contributed by atoms with Crippen LogP contribution in [0, 0.1) is 35.6 Å². The Morgan fingerprint density at radius 2 is 1.27 bits per heavy atom. The molecule has 0 amide bonds. The molecule has 0 saturated heterocycles. The summed E-state index contributed by atoms with van der Waals surface area (Å²) in [5.74, 6) is -5.98. The van der Waals surface area contributed by atoms with E-state index in [0.717, 1.165) is 0 Å². The van der Waals surface area contributed by atoms with Gasteiger partial charge in [0.2, 0.25) is 0 Å². The van der Waals surface area contributed by atoms with Crippen molar-refractivity contribution in [1.29, 1.82) is 0 Å². The van der Waals surface area contributed by atoms with Crippen molar-refractivity contribution in [3.63, 3.8) is 0 Å². The number of carboxylic acid groups (broad SMARTS) is 3. The van der Waals surface area contributed by atoms with E-state index in [1.54, 1.807) is 0 Å². The van der Waals surface area contributed by atoms with Gasteiger partial charge in [-0.15, -0.1) is 0 Å². The molecule has 0 fully saturated rings. The molecule has 0 unspecified atom stereocenters. The predicted octanol–water partition coefficient (Wildman–Crippen LogP) is -8.25. The maximum atomic E-state index is 10.1. The second-order valence-corrected chi connectivity index (χ2v) is 2.42. The molecule has 0 aliphatic rings. The Morgan fingerprint density at radius 1 is 1.00 bits per heavy atom. The summed E-state index contributed by atoms with van der Waals surface area (Å²) < 4.78 is 0. The van der Waals surface area contributed by atoms with Gasteiger partial charge in [0.25, 0.3) is 0 Å². The predicted molar refractivity (Wildman–Crippen MR) is 29.2 cm³/mol. The van der Waals surface area contributed by atoms with Gasteiger partial charge in [0, 0.05) is 60.4 Å². The van der Waals surface area contributed by atoms with Gasteiger partial charge in [0.1, 0.15) is 5.60 Å². The molecule has 0 heterocycles. The van der Waals surface area contributed by atoms with Crippen LogP contribution in [0.3, 0.4) is 0 Å². The largest absolute Gasteiger partial charge is 1.00 e. The Balaban J connectivity index is -0.000000720. The second-order valence-electron chi connectivity index (χ2n) is 2.42. The Bertz CT molecular complexity index is 238. The van der Waals surface area contributed by atoms with E-state index < -0.39 is 36.4 Å². The number of halogens is 1. The van der Waals surface area contributed by atoms with Crippen LogP contribution in [0.5, 0.6) is 0 Å². The summed E-state index contributed by atoms with van der Waals surface area (Å²) in [6.45, 7) is 0. The Hall–Kier alpha value is -0.145. The molecule has 0 aromatic carbocycles. The Labute approximate surface area is 118 Å². The molecule has 0 saturated carbocycles. The van der Waals surface area contributed by atoms with Crippen molar-refractivity contribution < 1.29 is 82.8 Å². The zero-order valence-electron chi connectivity index (χ0n) is 7.27. The standard InChI is InChI=1S/C6H8O7.ClH.La/c7-3(8)1-6(13,5(11)12)2-4(9)10;;/h13H,1-2H2,(H,7,8)(H,9,10)(H,11,12);1H;/p-4. The fraction of sp³-hybridized carbons (Fsp3) is 0.500. The monoisotopic (exact) mass is 363 g/mol. The van der Waals surface area contributed by atoms with E-state index in [4.69, 9.17) is 5.11 Å². The van der Waals surface area contributed by atoms with Gasteiger partial charge in [-0.1, -0.05) is 0 Å². The smallest absolute Gasteiger partial charge is 0.114 e. The number of carboxylic acids is 3. The summed E-state index contributed by atoms with van der Waals surface area (Å²) in [7, 11) is 0. The van der Waals surface area contributed by atoms with Crippen molar-refractivity contribution in [2.24, 2.45) is 0 Å². The van der Waals surface area contributed by atoms with Crippen LogP contribution in [0.4, 0.5) is 0 Å². The fourth-order valence-corrected chi connectivity index (χ4v) is 0.684. The number of hydrogen-bond donors (Lipinski definition) is 1. The molecule has 0 aliphatic heterocycles. The first-order chi connectivity index (χ1) is 5.78. The minimum atomic E-state index is -2.97. The van der Waals surface area contributed by atoms with Crippen molar-refractivity contribution in [1.82, 2.24) is 0 Å². The Morgan fingerprint density at radius 3 is 1.40 bits per heavy atom. The van der Waals surface area contributed by atoms with Crippen molar-refractivity contribution in [2.45, 2.75) is 18.4 Å².